The minimum Gasteiger partial charge on any atom is -0.468 e. The van der Waals surface area contributed by atoms with E-state index in [1.807, 2.05) is 10.8 Å². The summed E-state index contributed by atoms with van der Waals surface area (Å²) in [5, 5.41) is 6.43. The van der Waals surface area contributed by atoms with Crippen molar-refractivity contribution in [3.63, 3.8) is 0 Å². The molecule has 25 heavy (non-hydrogen) atoms. The molecular weight excluding hydrogens is 342 g/mol. The number of amides is 1. The third kappa shape index (κ3) is 4.21. The largest absolute Gasteiger partial charge is 0.468 e. The molecule has 2 rings (SSSR count). The van der Waals surface area contributed by atoms with Gasteiger partial charge in [-0.25, -0.2) is 4.79 Å². The fourth-order valence-corrected chi connectivity index (χ4v) is 3.91. The lowest BCUT2D eigenvalue weighted by Crippen LogP contribution is -2.53. The highest BCUT2D eigenvalue weighted by Crippen LogP contribution is 2.45. The fourth-order valence-electron chi connectivity index (χ4n) is 3.23. The standard InChI is InChI=1S/C18H25NO5S/c1-17(2,3)24-16(22)19-14(12-8-10-25-11-12)18(15(21)23-4)9-6-5-7-13(18)20/h8,10-11,14H,5-7,9H2,1-4H3,(H,19,22). The molecule has 0 radical (unpaired) electrons. The van der Waals surface area contributed by atoms with Crippen LogP contribution in [0.4, 0.5) is 4.79 Å². The van der Waals surface area contributed by atoms with E-state index in [4.69, 9.17) is 9.47 Å². The van der Waals surface area contributed by atoms with Crippen LogP contribution in [0.3, 0.4) is 0 Å². The van der Waals surface area contributed by atoms with Crippen LogP contribution in [0.15, 0.2) is 16.8 Å². The van der Waals surface area contributed by atoms with Crippen molar-refractivity contribution in [1.29, 1.82) is 0 Å². The molecule has 0 bridgehead atoms. The highest BCUT2D eigenvalue weighted by atomic mass is 32.1. The number of hydrogen-bond donors (Lipinski definition) is 1. The molecule has 0 aromatic carbocycles. The van der Waals surface area contributed by atoms with E-state index in [2.05, 4.69) is 5.32 Å². The van der Waals surface area contributed by atoms with Crippen molar-refractivity contribution in [3.05, 3.63) is 22.4 Å². The third-order valence-electron chi connectivity index (χ3n) is 4.30. The van der Waals surface area contributed by atoms with Gasteiger partial charge in [0.05, 0.1) is 13.2 Å². The smallest absolute Gasteiger partial charge is 0.408 e. The summed E-state index contributed by atoms with van der Waals surface area (Å²) in [7, 11) is 1.27. The van der Waals surface area contributed by atoms with Crippen LogP contribution in [0.2, 0.25) is 0 Å². The molecule has 1 aromatic heterocycles. The summed E-state index contributed by atoms with van der Waals surface area (Å²) >= 11 is 1.44. The van der Waals surface area contributed by atoms with Crippen molar-refractivity contribution in [2.45, 2.75) is 58.1 Å². The molecule has 2 unspecified atom stereocenters. The summed E-state index contributed by atoms with van der Waals surface area (Å²) in [4.78, 5) is 37.9. The van der Waals surface area contributed by atoms with Gasteiger partial charge >= 0.3 is 12.1 Å². The van der Waals surface area contributed by atoms with Crippen LogP contribution in [0, 0.1) is 5.41 Å². The molecule has 0 saturated heterocycles. The average Bonchev–Trinajstić information content (AvgIpc) is 3.05. The molecule has 1 fully saturated rings. The van der Waals surface area contributed by atoms with Gasteiger partial charge in [-0.3, -0.25) is 9.59 Å². The normalized spacial score (nSPS) is 22.2. The Morgan fingerprint density at radius 3 is 2.56 bits per heavy atom. The fraction of sp³-hybridized carbons (Fsp3) is 0.611. The number of ether oxygens (including phenoxy) is 2. The Labute approximate surface area is 151 Å². The van der Waals surface area contributed by atoms with E-state index in [1.165, 1.54) is 18.4 Å². The van der Waals surface area contributed by atoms with Crippen LogP contribution in [-0.2, 0) is 19.1 Å². The van der Waals surface area contributed by atoms with Gasteiger partial charge in [0.2, 0.25) is 0 Å². The number of methoxy groups -OCH3 is 1. The van der Waals surface area contributed by atoms with E-state index in [-0.39, 0.29) is 5.78 Å². The Morgan fingerprint density at radius 1 is 1.32 bits per heavy atom. The maximum atomic E-state index is 12.8. The van der Waals surface area contributed by atoms with Crippen molar-refractivity contribution in [3.8, 4) is 0 Å². The van der Waals surface area contributed by atoms with Gasteiger partial charge in [0, 0.05) is 6.42 Å². The summed E-state index contributed by atoms with van der Waals surface area (Å²) in [5.74, 6) is -0.803. The van der Waals surface area contributed by atoms with Crippen molar-refractivity contribution in [2.24, 2.45) is 5.41 Å². The molecular formula is C18H25NO5S. The number of carbonyl (C=O) groups is 3. The van der Waals surface area contributed by atoms with Crippen LogP contribution < -0.4 is 5.32 Å². The van der Waals surface area contributed by atoms with E-state index in [0.29, 0.717) is 18.4 Å². The number of ketones is 1. The van der Waals surface area contributed by atoms with Gasteiger partial charge in [0.15, 0.2) is 11.2 Å². The lowest BCUT2D eigenvalue weighted by atomic mass is 9.66. The summed E-state index contributed by atoms with van der Waals surface area (Å²) in [6.07, 6.45) is 1.43. The van der Waals surface area contributed by atoms with Gasteiger partial charge in [-0.2, -0.15) is 11.3 Å². The molecule has 1 heterocycles. The number of thiophene rings is 1. The maximum absolute atomic E-state index is 12.8. The lowest BCUT2D eigenvalue weighted by Gasteiger charge is -2.39. The first-order chi connectivity index (χ1) is 11.7. The molecule has 7 heteroatoms. The molecule has 2 atom stereocenters. The summed E-state index contributed by atoms with van der Waals surface area (Å²) in [6.45, 7) is 5.27. The zero-order chi connectivity index (χ0) is 18.7. The van der Waals surface area contributed by atoms with E-state index in [1.54, 1.807) is 26.8 Å². The number of hydrogen-bond acceptors (Lipinski definition) is 6. The number of alkyl carbamates (subject to hydrolysis) is 1. The van der Waals surface area contributed by atoms with Crippen LogP contribution in [0.5, 0.6) is 0 Å². The number of esters is 1. The number of carbonyl (C=O) groups excluding carboxylic acids is 3. The van der Waals surface area contributed by atoms with Gasteiger partial charge in [-0.1, -0.05) is 6.42 Å². The zero-order valence-corrected chi connectivity index (χ0v) is 15.9. The maximum Gasteiger partial charge on any atom is 0.408 e. The predicted octanol–water partition coefficient (Wildman–Crippen LogP) is 3.62. The van der Waals surface area contributed by atoms with Gasteiger partial charge in [0.25, 0.3) is 0 Å². The molecule has 0 aliphatic heterocycles. The first-order valence-electron chi connectivity index (χ1n) is 8.34. The van der Waals surface area contributed by atoms with Gasteiger partial charge in [-0.15, -0.1) is 0 Å². The average molecular weight is 367 g/mol. The van der Waals surface area contributed by atoms with Crippen LogP contribution in [-0.4, -0.2) is 30.6 Å². The van der Waals surface area contributed by atoms with E-state index in [0.717, 1.165) is 12.8 Å². The Morgan fingerprint density at radius 2 is 2.04 bits per heavy atom. The van der Waals surface area contributed by atoms with Crippen LogP contribution >= 0.6 is 11.3 Å². The van der Waals surface area contributed by atoms with Crippen molar-refractivity contribution < 1.29 is 23.9 Å². The van der Waals surface area contributed by atoms with Gasteiger partial charge < -0.3 is 14.8 Å². The van der Waals surface area contributed by atoms with E-state index >= 15 is 0 Å². The molecule has 1 aliphatic rings. The molecule has 138 valence electrons. The Hall–Kier alpha value is -1.89. The number of rotatable bonds is 4. The number of nitrogens with one attached hydrogen (secondary N) is 1. The summed E-state index contributed by atoms with van der Waals surface area (Å²) in [5.41, 5.74) is -1.39. The molecule has 1 N–H and O–H groups in total. The molecule has 6 nitrogen and oxygen atoms in total. The first kappa shape index (κ1) is 19.4. The van der Waals surface area contributed by atoms with Crippen molar-refractivity contribution >= 4 is 29.2 Å². The second-order valence-corrected chi connectivity index (χ2v) is 8.01. The predicted molar refractivity (Wildman–Crippen MR) is 94.4 cm³/mol. The van der Waals surface area contributed by atoms with E-state index < -0.39 is 29.1 Å². The topological polar surface area (TPSA) is 81.7 Å². The van der Waals surface area contributed by atoms with Crippen molar-refractivity contribution in [2.75, 3.05) is 7.11 Å². The third-order valence-corrected chi connectivity index (χ3v) is 5.00. The highest BCUT2D eigenvalue weighted by Gasteiger charge is 2.55. The second kappa shape index (κ2) is 7.56. The lowest BCUT2D eigenvalue weighted by molar-refractivity contribution is -0.162. The monoisotopic (exact) mass is 367 g/mol. The van der Waals surface area contributed by atoms with Crippen LogP contribution in [0.1, 0.15) is 58.1 Å². The van der Waals surface area contributed by atoms with Gasteiger partial charge in [0.1, 0.15) is 5.60 Å². The minimum atomic E-state index is -1.41. The Bertz CT molecular complexity index is 624. The molecule has 1 aromatic rings. The molecule has 1 aliphatic carbocycles. The van der Waals surface area contributed by atoms with Crippen LogP contribution in [0.25, 0.3) is 0 Å². The molecule has 0 spiro atoms. The van der Waals surface area contributed by atoms with E-state index in [9.17, 15) is 14.4 Å². The first-order valence-corrected chi connectivity index (χ1v) is 9.28. The zero-order valence-electron chi connectivity index (χ0n) is 15.1. The second-order valence-electron chi connectivity index (χ2n) is 7.23. The Kier molecular flexibility index (Phi) is 5.87. The van der Waals surface area contributed by atoms with Crippen molar-refractivity contribution in [1.82, 2.24) is 5.32 Å². The summed E-state index contributed by atoms with van der Waals surface area (Å²) in [6, 6.07) is 0.994. The quantitative estimate of drug-likeness (QED) is 0.649. The SMILES string of the molecule is COC(=O)C1(C(NC(=O)OC(C)(C)C)c2ccsc2)CCCCC1=O. The summed E-state index contributed by atoms with van der Waals surface area (Å²) < 4.78 is 10.3. The minimum absolute atomic E-state index is 0.196. The number of Topliss-reactive ketones (excluding diaryl/α,β-unsaturated/α-hetero) is 1. The van der Waals surface area contributed by atoms with Gasteiger partial charge in [-0.05, 0) is 56.0 Å². The molecule has 1 amide bonds. The molecule has 1 saturated carbocycles. The highest BCUT2D eigenvalue weighted by molar-refractivity contribution is 7.08. The Balaban J connectivity index is 2.43.